The number of likely N-dealkylation sites (N-methyl/N-ethyl adjacent to an activating group) is 1. The van der Waals surface area contributed by atoms with Gasteiger partial charge in [0.05, 0.1) is 12.6 Å². The van der Waals surface area contributed by atoms with Crippen molar-refractivity contribution < 1.29 is 9.59 Å². The summed E-state index contributed by atoms with van der Waals surface area (Å²) in [6.07, 6.45) is 3.21. The summed E-state index contributed by atoms with van der Waals surface area (Å²) >= 11 is 0. The Morgan fingerprint density at radius 3 is 2.42 bits per heavy atom. The lowest BCUT2D eigenvalue weighted by molar-refractivity contribution is -0.134. The maximum atomic E-state index is 12.5. The Balaban J connectivity index is 0.00000338. The summed E-state index contributed by atoms with van der Waals surface area (Å²) in [5.41, 5.74) is 8.35. The number of aryl methyl sites for hydroxylation is 1. The van der Waals surface area contributed by atoms with Crippen LogP contribution >= 0.6 is 12.4 Å². The summed E-state index contributed by atoms with van der Waals surface area (Å²) in [6, 6.07) is 8.19. The van der Waals surface area contributed by atoms with Gasteiger partial charge in [0.1, 0.15) is 0 Å². The number of halogens is 1. The van der Waals surface area contributed by atoms with E-state index in [1.54, 1.807) is 4.90 Å². The molecule has 146 valence electrons. The highest BCUT2D eigenvalue weighted by molar-refractivity contribution is 5.87. The molecule has 0 heterocycles. The highest BCUT2D eigenvalue weighted by atomic mass is 35.5. The highest BCUT2D eigenvalue weighted by Gasteiger charge is 2.33. The van der Waals surface area contributed by atoms with Crippen LogP contribution in [0.15, 0.2) is 24.3 Å². The first kappa shape index (κ1) is 22.5. The van der Waals surface area contributed by atoms with E-state index in [0.717, 1.165) is 19.3 Å². The first-order valence-corrected chi connectivity index (χ1v) is 9.16. The van der Waals surface area contributed by atoms with Crippen molar-refractivity contribution in [1.29, 1.82) is 0 Å². The second-order valence-electron chi connectivity index (χ2n) is 7.51. The maximum Gasteiger partial charge on any atom is 0.241 e. The SMILES string of the molecule is Cc1ccc(C2CCCC2N(C)C(=O)CNC(=O)[C@@H](N)C(C)C)cc1.Cl. The van der Waals surface area contributed by atoms with Crippen molar-refractivity contribution >= 4 is 24.2 Å². The lowest BCUT2D eigenvalue weighted by Crippen LogP contribution is -2.49. The lowest BCUT2D eigenvalue weighted by atomic mass is 9.92. The summed E-state index contributed by atoms with van der Waals surface area (Å²) in [6.45, 7) is 5.87. The van der Waals surface area contributed by atoms with Crippen LogP contribution in [0, 0.1) is 12.8 Å². The molecule has 3 atom stereocenters. The third kappa shape index (κ3) is 5.45. The molecule has 1 aromatic carbocycles. The molecule has 0 saturated heterocycles. The molecule has 1 aliphatic rings. The zero-order valence-corrected chi connectivity index (χ0v) is 17.0. The van der Waals surface area contributed by atoms with Gasteiger partial charge in [-0.2, -0.15) is 0 Å². The number of hydrogen-bond donors (Lipinski definition) is 2. The third-order valence-electron chi connectivity index (χ3n) is 5.31. The summed E-state index contributed by atoms with van der Waals surface area (Å²) in [5.74, 6) is 0.0864. The number of carbonyl (C=O) groups is 2. The molecule has 3 N–H and O–H groups in total. The molecule has 6 heteroatoms. The zero-order valence-electron chi connectivity index (χ0n) is 16.2. The van der Waals surface area contributed by atoms with E-state index in [1.165, 1.54) is 11.1 Å². The van der Waals surface area contributed by atoms with Crippen molar-refractivity contribution in [3.63, 3.8) is 0 Å². The van der Waals surface area contributed by atoms with Gasteiger partial charge in [-0.05, 0) is 31.2 Å². The Labute approximate surface area is 163 Å². The normalized spacial score (nSPS) is 20.4. The van der Waals surface area contributed by atoms with E-state index in [2.05, 4.69) is 36.5 Å². The van der Waals surface area contributed by atoms with Crippen molar-refractivity contribution in [3.05, 3.63) is 35.4 Å². The molecule has 0 bridgehead atoms. The second-order valence-corrected chi connectivity index (χ2v) is 7.51. The number of amides is 2. The van der Waals surface area contributed by atoms with Gasteiger partial charge in [-0.15, -0.1) is 12.4 Å². The van der Waals surface area contributed by atoms with Gasteiger partial charge >= 0.3 is 0 Å². The molecule has 1 aliphatic carbocycles. The Hall–Kier alpha value is -1.59. The summed E-state index contributed by atoms with van der Waals surface area (Å²) < 4.78 is 0. The van der Waals surface area contributed by atoms with Crippen LogP contribution in [0.25, 0.3) is 0 Å². The molecule has 2 amide bonds. The van der Waals surface area contributed by atoms with Crippen LogP contribution in [0.2, 0.25) is 0 Å². The third-order valence-corrected chi connectivity index (χ3v) is 5.31. The molecule has 1 aromatic rings. The number of nitrogens with zero attached hydrogens (tertiary/aromatic N) is 1. The highest BCUT2D eigenvalue weighted by Crippen LogP contribution is 2.37. The van der Waals surface area contributed by atoms with Crippen LogP contribution in [0.3, 0.4) is 0 Å². The minimum Gasteiger partial charge on any atom is -0.346 e. The molecule has 0 radical (unpaired) electrons. The Bertz CT molecular complexity index is 604. The van der Waals surface area contributed by atoms with Gasteiger partial charge in [0.25, 0.3) is 0 Å². The first-order chi connectivity index (χ1) is 11.8. The minimum atomic E-state index is -0.579. The van der Waals surface area contributed by atoms with E-state index < -0.39 is 6.04 Å². The van der Waals surface area contributed by atoms with Crippen LogP contribution in [-0.2, 0) is 9.59 Å². The van der Waals surface area contributed by atoms with Gasteiger partial charge in [0, 0.05) is 19.0 Å². The fourth-order valence-corrected chi connectivity index (χ4v) is 3.50. The Morgan fingerprint density at radius 2 is 1.85 bits per heavy atom. The fourth-order valence-electron chi connectivity index (χ4n) is 3.50. The molecule has 0 spiro atoms. The molecule has 2 unspecified atom stereocenters. The number of rotatable bonds is 6. The summed E-state index contributed by atoms with van der Waals surface area (Å²) in [4.78, 5) is 26.3. The molecule has 0 aromatic heterocycles. The van der Waals surface area contributed by atoms with Gasteiger partial charge in [-0.1, -0.05) is 50.1 Å². The molecular weight excluding hydrogens is 350 g/mol. The van der Waals surface area contributed by atoms with Crippen molar-refractivity contribution in [2.24, 2.45) is 11.7 Å². The van der Waals surface area contributed by atoms with E-state index in [4.69, 9.17) is 5.73 Å². The van der Waals surface area contributed by atoms with Crippen LogP contribution in [-0.4, -0.2) is 42.4 Å². The van der Waals surface area contributed by atoms with E-state index >= 15 is 0 Å². The van der Waals surface area contributed by atoms with Crippen molar-refractivity contribution in [1.82, 2.24) is 10.2 Å². The van der Waals surface area contributed by atoms with Gasteiger partial charge in [-0.25, -0.2) is 0 Å². The van der Waals surface area contributed by atoms with E-state index in [-0.39, 0.29) is 42.7 Å². The number of nitrogens with one attached hydrogen (secondary N) is 1. The first-order valence-electron chi connectivity index (χ1n) is 9.16. The Kier molecular flexibility index (Phi) is 8.57. The average molecular weight is 382 g/mol. The van der Waals surface area contributed by atoms with Gasteiger partial charge in [-0.3, -0.25) is 9.59 Å². The quantitative estimate of drug-likeness (QED) is 0.795. The largest absolute Gasteiger partial charge is 0.346 e. The molecule has 2 rings (SSSR count). The fraction of sp³-hybridized carbons (Fsp3) is 0.600. The average Bonchev–Trinajstić information content (AvgIpc) is 3.08. The van der Waals surface area contributed by atoms with Crippen LogP contribution < -0.4 is 11.1 Å². The zero-order chi connectivity index (χ0) is 18.6. The van der Waals surface area contributed by atoms with Gasteiger partial charge in [0.15, 0.2) is 0 Å². The molecule has 5 nitrogen and oxygen atoms in total. The van der Waals surface area contributed by atoms with Gasteiger partial charge < -0.3 is 16.0 Å². The van der Waals surface area contributed by atoms with E-state index in [0.29, 0.717) is 5.92 Å². The molecule has 1 fully saturated rings. The Morgan fingerprint density at radius 1 is 1.23 bits per heavy atom. The number of nitrogens with two attached hydrogens (primary N) is 1. The topological polar surface area (TPSA) is 75.4 Å². The summed E-state index contributed by atoms with van der Waals surface area (Å²) in [5, 5.41) is 2.67. The smallest absolute Gasteiger partial charge is 0.241 e. The monoisotopic (exact) mass is 381 g/mol. The molecule has 0 aliphatic heterocycles. The number of hydrogen-bond acceptors (Lipinski definition) is 3. The summed E-state index contributed by atoms with van der Waals surface area (Å²) in [7, 11) is 1.84. The molecule has 1 saturated carbocycles. The van der Waals surface area contributed by atoms with Crippen molar-refractivity contribution in [2.45, 2.75) is 58.0 Å². The molecule has 26 heavy (non-hydrogen) atoms. The van der Waals surface area contributed by atoms with E-state index in [1.807, 2.05) is 20.9 Å². The molecular formula is C20H32ClN3O2. The number of benzene rings is 1. The predicted molar refractivity (Wildman–Crippen MR) is 107 cm³/mol. The van der Waals surface area contributed by atoms with Crippen LogP contribution in [0.5, 0.6) is 0 Å². The minimum absolute atomic E-state index is 0. The predicted octanol–water partition coefficient (Wildman–Crippen LogP) is 2.61. The van der Waals surface area contributed by atoms with E-state index in [9.17, 15) is 9.59 Å². The number of carbonyl (C=O) groups excluding carboxylic acids is 2. The van der Waals surface area contributed by atoms with Gasteiger partial charge in [0.2, 0.25) is 11.8 Å². The van der Waals surface area contributed by atoms with Crippen LogP contribution in [0.1, 0.15) is 50.2 Å². The standard InChI is InChI=1S/C20H31N3O2.ClH/c1-13(2)19(21)20(25)22-12-18(24)23(4)17-7-5-6-16(17)15-10-8-14(3)9-11-15;/h8-11,13,16-17,19H,5-7,12,21H2,1-4H3,(H,22,25);1H/t16?,17?,19-;/m0./s1. The maximum absolute atomic E-state index is 12.5. The van der Waals surface area contributed by atoms with Crippen molar-refractivity contribution in [2.75, 3.05) is 13.6 Å². The lowest BCUT2D eigenvalue weighted by Gasteiger charge is -2.30. The second kappa shape index (κ2) is 9.93. The van der Waals surface area contributed by atoms with Crippen molar-refractivity contribution in [3.8, 4) is 0 Å². The van der Waals surface area contributed by atoms with Crippen LogP contribution in [0.4, 0.5) is 0 Å².